The maximum Gasteiger partial charge on any atom is 0.259 e. The van der Waals surface area contributed by atoms with Crippen LogP contribution in [0.25, 0.3) is 0 Å². The zero-order chi connectivity index (χ0) is 17.8. The van der Waals surface area contributed by atoms with Crippen LogP contribution in [0.1, 0.15) is 34.4 Å². The Labute approximate surface area is 145 Å². The van der Waals surface area contributed by atoms with Gasteiger partial charge in [0, 0.05) is 30.8 Å². The molecule has 3 heterocycles. The van der Waals surface area contributed by atoms with Crippen molar-refractivity contribution in [3.05, 3.63) is 45.5 Å². The quantitative estimate of drug-likeness (QED) is 0.885. The molecule has 0 aliphatic carbocycles. The third-order valence-corrected chi connectivity index (χ3v) is 4.34. The van der Waals surface area contributed by atoms with Gasteiger partial charge in [-0.3, -0.25) is 9.59 Å². The molecule has 1 unspecified atom stereocenters. The second-order valence-electron chi connectivity index (χ2n) is 6.21. The van der Waals surface area contributed by atoms with Crippen LogP contribution in [0.15, 0.2) is 21.7 Å². The maximum absolute atomic E-state index is 13.0. The fourth-order valence-corrected chi connectivity index (χ4v) is 3.10. The summed E-state index contributed by atoms with van der Waals surface area (Å²) in [6.07, 6.45) is 2.62. The summed E-state index contributed by atoms with van der Waals surface area (Å²) in [6.45, 7) is 5.78. The Morgan fingerprint density at radius 1 is 1.48 bits per heavy atom. The van der Waals surface area contributed by atoms with Gasteiger partial charge >= 0.3 is 0 Å². The van der Waals surface area contributed by atoms with Crippen LogP contribution in [0.3, 0.4) is 0 Å². The van der Waals surface area contributed by atoms with Gasteiger partial charge in [0.1, 0.15) is 11.3 Å². The molecule has 0 aromatic carbocycles. The number of hydrogen-bond donors (Lipinski definition) is 1. The predicted octanol–water partition coefficient (Wildman–Crippen LogP) is 0.960. The van der Waals surface area contributed by atoms with Crippen LogP contribution >= 0.6 is 0 Å². The Bertz CT molecular complexity index is 798. The highest BCUT2D eigenvalue weighted by Gasteiger charge is 2.28. The molecule has 3 rings (SSSR count). The van der Waals surface area contributed by atoms with Gasteiger partial charge in [-0.2, -0.15) is 0 Å². The van der Waals surface area contributed by atoms with Crippen molar-refractivity contribution in [2.24, 2.45) is 5.92 Å². The summed E-state index contributed by atoms with van der Waals surface area (Å²) in [6, 6.07) is 1.48. The normalized spacial score (nSPS) is 18.2. The van der Waals surface area contributed by atoms with Gasteiger partial charge in [0.25, 0.3) is 11.5 Å². The molecule has 0 spiro atoms. The largest absolute Gasteiger partial charge is 0.379 e. The van der Waals surface area contributed by atoms with Crippen LogP contribution in [0.4, 0.5) is 0 Å². The number of aromatic amines is 1. The summed E-state index contributed by atoms with van der Waals surface area (Å²) >= 11 is 0. The topological polar surface area (TPSA) is 101 Å². The summed E-state index contributed by atoms with van der Waals surface area (Å²) in [5.74, 6) is 0.538. The lowest BCUT2D eigenvalue weighted by atomic mass is 10.0. The second kappa shape index (κ2) is 7.60. The van der Waals surface area contributed by atoms with Crippen molar-refractivity contribution in [2.75, 3.05) is 26.3 Å². The van der Waals surface area contributed by atoms with E-state index in [1.165, 1.54) is 12.4 Å². The Balaban J connectivity index is 1.76. The number of ether oxygens (including phenoxy) is 1. The number of nitrogens with one attached hydrogen (secondary N) is 1. The zero-order valence-corrected chi connectivity index (χ0v) is 14.4. The highest BCUT2D eigenvalue weighted by molar-refractivity contribution is 5.96. The van der Waals surface area contributed by atoms with E-state index in [9.17, 15) is 9.59 Å². The van der Waals surface area contributed by atoms with Gasteiger partial charge in [-0.25, -0.2) is 4.98 Å². The third kappa shape index (κ3) is 3.96. The molecule has 0 saturated carbocycles. The molecule has 1 saturated heterocycles. The lowest BCUT2D eigenvalue weighted by Gasteiger charge is -2.23. The average Bonchev–Trinajstić information content (AvgIpc) is 2.81. The van der Waals surface area contributed by atoms with E-state index in [4.69, 9.17) is 9.26 Å². The summed E-state index contributed by atoms with van der Waals surface area (Å²) < 4.78 is 10.8. The molecular weight excluding hydrogens is 324 g/mol. The maximum atomic E-state index is 13.0. The number of hydrogen-bond acceptors (Lipinski definition) is 6. The molecule has 8 nitrogen and oxygen atoms in total. The van der Waals surface area contributed by atoms with E-state index in [0.717, 1.165) is 0 Å². The Morgan fingerprint density at radius 3 is 3.08 bits per heavy atom. The molecular formula is C17H22N4O4. The fourth-order valence-electron chi connectivity index (χ4n) is 3.10. The van der Waals surface area contributed by atoms with Crippen LogP contribution in [-0.2, 0) is 17.6 Å². The minimum atomic E-state index is -0.180. The van der Waals surface area contributed by atoms with E-state index in [0.29, 0.717) is 61.9 Å². The van der Waals surface area contributed by atoms with E-state index >= 15 is 0 Å². The van der Waals surface area contributed by atoms with Gasteiger partial charge < -0.3 is 19.1 Å². The van der Waals surface area contributed by atoms with Crippen molar-refractivity contribution in [3.63, 3.8) is 0 Å². The van der Waals surface area contributed by atoms with Gasteiger partial charge in [0.15, 0.2) is 0 Å². The first kappa shape index (κ1) is 17.3. The molecule has 1 aliphatic rings. The van der Waals surface area contributed by atoms with Crippen molar-refractivity contribution >= 4 is 5.91 Å². The summed E-state index contributed by atoms with van der Waals surface area (Å²) in [5.41, 5.74) is 1.75. The van der Waals surface area contributed by atoms with Crippen LogP contribution in [0.5, 0.6) is 0 Å². The molecule has 8 heteroatoms. The Hall–Kier alpha value is -2.48. The first-order valence-corrected chi connectivity index (χ1v) is 8.44. The molecule has 2 aromatic rings. The van der Waals surface area contributed by atoms with Gasteiger partial charge in [-0.15, -0.1) is 0 Å². The highest BCUT2D eigenvalue weighted by Crippen LogP contribution is 2.19. The number of H-pyrrole nitrogens is 1. The minimum Gasteiger partial charge on any atom is -0.379 e. The number of aromatic nitrogens is 3. The van der Waals surface area contributed by atoms with Crippen LogP contribution < -0.4 is 5.56 Å². The van der Waals surface area contributed by atoms with Crippen molar-refractivity contribution in [1.82, 2.24) is 20.0 Å². The van der Waals surface area contributed by atoms with E-state index in [2.05, 4.69) is 15.1 Å². The molecule has 0 radical (unpaired) electrons. The molecule has 1 N–H and O–H groups in total. The standard InChI is InChI=1S/C17H22N4O4/c1-3-14-16(11(2)25-20-14)17(23)21-4-5-24-9-12(8-21)6-13-7-15(22)19-10-18-13/h7,10,12H,3-6,8-9H2,1-2H3,(H,18,19,22). The smallest absolute Gasteiger partial charge is 0.259 e. The molecule has 2 aromatic heterocycles. The van der Waals surface area contributed by atoms with Crippen molar-refractivity contribution in [1.29, 1.82) is 0 Å². The Morgan fingerprint density at radius 2 is 2.32 bits per heavy atom. The van der Waals surface area contributed by atoms with Gasteiger partial charge in [-0.05, 0) is 19.8 Å². The highest BCUT2D eigenvalue weighted by atomic mass is 16.5. The molecule has 1 amide bonds. The second-order valence-corrected chi connectivity index (χ2v) is 6.21. The van der Waals surface area contributed by atoms with E-state index in [-0.39, 0.29) is 17.4 Å². The third-order valence-electron chi connectivity index (χ3n) is 4.34. The van der Waals surface area contributed by atoms with Gasteiger partial charge in [0.2, 0.25) is 0 Å². The minimum absolute atomic E-state index is 0.0750. The molecule has 134 valence electrons. The lowest BCUT2D eigenvalue weighted by molar-refractivity contribution is 0.0734. The van der Waals surface area contributed by atoms with Crippen LogP contribution in [-0.4, -0.2) is 52.2 Å². The summed E-state index contributed by atoms with van der Waals surface area (Å²) in [7, 11) is 0. The monoisotopic (exact) mass is 346 g/mol. The first-order valence-electron chi connectivity index (χ1n) is 8.44. The molecule has 1 atom stereocenters. The molecule has 1 aliphatic heterocycles. The molecule has 0 bridgehead atoms. The van der Waals surface area contributed by atoms with Crippen molar-refractivity contribution < 1.29 is 14.1 Å². The van der Waals surface area contributed by atoms with Crippen LogP contribution in [0, 0.1) is 12.8 Å². The zero-order valence-electron chi connectivity index (χ0n) is 14.4. The van der Waals surface area contributed by atoms with Gasteiger partial charge in [0.05, 0.1) is 25.2 Å². The van der Waals surface area contributed by atoms with Gasteiger partial charge in [-0.1, -0.05) is 12.1 Å². The fraction of sp³-hybridized carbons (Fsp3) is 0.529. The number of aryl methyl sites for hydroxylation is 2. The van der Waals surface area contributed by atoms with Crippen LogP contribution in [0.2, 0.25) is 0 Å². The number of carbonyl (C=O) groups excluding carboxylic acids is 1. The summed E-state index contributed by atoms with van der Waals surface area (Å²) in [5, 5.41) is 3.97. The number of amides is 1. The first-order chi connectivity index (χ1) is 12.1. The molecule has 1 fully saturated rings. The Kier molecular flexibility index (Phi) is 5.28. The molecule has 25 heavy (non-hydrogen) atoms. The summed E-state index contributed by atoms with van der Waals surface area (Å²) in [4.78, 5) is 32.9. The predicted molar refractivity (Wildman–Crippen MR) is 89.4 cm³/mol. The SMILES string of the molecule is CCc1noc(C)c1C(=O)N1CCOCC(Cc2cc(=O)[nH]cn2)C1. The van der Waals surface area contributed by atoms with E-state index in [1.807, 2.05) is 6.92 Å². The van der Waals surface area contributed by atoms with E-state index in [1.54, 1.807) is 11.8 Å². The van der Waals surface area contributed by atoms with Crippen molar-refractivity contribution in [2.45, 2.75) is 26.7 Å². The average molecular weight is 346 g/mol. The van der Waals surface area contributed by atoms with Crippen molar-refractivity contribution in [3.8, 4) is 0 Å². The number of rotatable bonds is 4. The lowest BCUT2D eigenvalue weighted by Crippen LogP contribution is -2.37. The number of nitrogens with zero attached hydrogens (tertiary/aromatic N) is 3. The van der Waals surface area contributed by atoms with E-state index < -0.39 is 0 Å². The number of carbonyl (C=O) groups is 1.